The van der Waals surface area contributed by atoms with Crippen LogP contribution in [0.5, 0.6) is 0 Å². The van der Waals surface area contributed by atoms with Gasteiger partial charge >= 0.3 is 0 Å². The summed E-state index contributed by atoms with van der Waals surface area (Å²) in [6.45, 7) is 2.65. The lowest BCUT2D eigenvalue weighted by Gasteiger charge is -2.18. The van der Waals surface area contributed by atoms with Gasteiger partial charge in [0.25, 0.3) is 11.6 Å². The topological polar surface area (TPSA) is 88.4 Å². The van der Waals surface area contributed by atoms with Crippen LogP contribution in [0, 0.1) is 10.1 Å². The molecule has 1 heterocycles. The van der Waals surface area contributed by atoms with E-state index in [1.165, 1.54) is 6.07 Å². The van der Waals surface area contributed by atoms with Gasteiger partial charge in [-0.15, -0.1) is 0 Å². The molecule has 0 aliphatic carbocycles. The second kappa shape index (κ2) is 6.67. The number of nitrogens with one attached hydrogen (secondary N) is 1. The summed E-state index contributed by atoms with van der Waals surface area (Å²) < 4.78 is 0. The van der Waals surface area contributed by atoms with Crippen LogP contribution in [0.25, 0.3) is 0 Å². The van der Waals surface area contributed by atoms with Crippen LogP contribution in [0.4, 0.5) is 11.5 Å². The molecule has 0 spiro atoms. The molecule has 19 heavy (non-hydrogen) atoms. The van der Waals surface area contributed by atoms with E-state index in [1.54, 1.807) is 19.0 Å². The first-order valence-corrected chi connectivity index (χ1v) is 6.08. The number of amides is 1. The van der Waals surface area contributed by atoms with E-state index >= 15 is 0 Å². The number of nitro groups is 1. The summed E-state index contributed by atoms with van der Waals surface area (Å²) in [7, 11) is 3.30. The fourth-order valence-corrected chi connectivity index (χ4v) is 1.62. The van der Waals surface area contributed by atoms with Crippen LogP contribution in [0.2, 0.25) is 0 Å². The van der Waals surface area contributed by atoms with E-state index < -0.39 is 4.92 Å². The summed E-state index contributed by atoms with van der Waals surface area (Å²) in [5.41, 5.74) is 0.0292. The quantitative estimate of drug-likeness (QED) is 0.627. The number of anilines is 1. The highest BCUT2D eigenvalue weighted by Gasteiger charge is 2.20. The summed E-state index contributed by atoms with van der Waals surface area (Å²) in [4.78, 5) is 27.9. The molecule has 0 unspecified atom stereocenters. The van der Waals surface area contributed by atoms with Gasteiger partial charge in [0.1, 0.15) is 12.0 Å². The van der Waals surface area contributed by atoms with Crippen molar-refractivity contribution in [2.75, 3.05) is 26.0 Å². The Morgan fingerprint density at radius 3 is 2.79 bits per heavy atom. The van der Waals surface area contributed by atoms with E-state index in [1.807, 2.05) is 6.92 Å². The molecule has 1 rings (SSSR count). The Labute approximate surface area is 111 Å². The van der Waals surface area contributed by atoms with Crippen LogP contribution in [0.1, 0.15) is 30.1 Å². The molecular formula is C12H18N4O3. The Kier molecular flexibility index (Phi) is 5.23. The Hall–Kier alpha value is -2.18. The van der Waals surface area contributed by atoms with Gasteiger partial charge in [0.2, 0.25) is 0 Å². The maximum atomic E-state index is 12.2. The third kappa shape index (κ3) is 3.64. The third-order valence-electron chi connectivity index (χ3n) is 2.75. The number of rotatable bonds is 6. The first-order chi connectivity index (χ1) is 9.01. The minimum absolute atomic E-state index is 0.189. The van der Waals surface area contributed by atoms with Crippen molar-refractivity contribution in [1.82, 2.24) is 9.88 Å². The van der Waals surface area contributed by atoms with Gasteiger partial charge in [0.15, 0.2) is 0 Å². The normalized spacial score (nSPS) is 10.1. The van der Waals surface area contributed by atoms with Crippen LogP contribution < -0.4 is 5.32 Å². The molecule has 0 aliphatic heterocycles. The lowest BCUT2D eigenvalue weighted by Crippen LogP contribution is -2.28. The standard InChI is InChI=1S/C12H18N4O3/c1-4-5-6-15(3)12(17)10-7-9(16(18)19)8-14-11(10)13-2/h7-8H,4-6H2,1-3H3,(H,13,14). The maximum absolute atomic E-state index is 12.2. The smallest absolute Gasteiger partial charge is 0.288 e. The lowest BCUT2D eigenvalue weighted by atomic mass is 10.2. The highest BCUT2D eigenvalue weighted by molar-refractivity contribution is 5.99. The predicted octanol–water partition coefficient (Wildman–Crippen LogP) is 1.90. The average Bonchev–Trinajstić information content (AvgIpc) is 2.42. The van der Waals surface area contributed by atoms with Crippen molar-refractivity contribution in [3.63, 3.8) is 0 Å². The molecule has 0 fully saturated rings. The van der Waals surface area contributed by atoms with Crippen LogP contribution in [0.3, 0.4) is 0 Å². The zero-order chi connectivity index (χ0) is 14.4. The number of hydrogen-bond acceptors (Lipinski definition) is 5. The first kappa shape index (κ1) is 14.9. The Morgan fingerprint density at radius 1 is 1.58 bits per heavy atom. The van der Waals surface area contributed by atoms with Crippen molar-refractivity contribution in [2.45, 2.75) is 19.8 Å². The average molecular weight is 266 g/mol. The third-order valence-corrected chi connectivity index (χ3v) is 2.75. The minimum Gasteiger partial charge on any atom is -0.372 e. The van der Waals surface area contributed by atoms with Gasteiger partial charge in [-0.25, -0.2) is 4.98 Å². The number of nitrogens with zero attached hydrogens (tertiary/aromatic N) is 3. The van der Waals surface area contributed by atoms with E-state index in [4.69, 9.17) is 0 Å². The van der Waals surface area contributed by atoms with Gasteiger partial charge in [-0.2, -0.15) is 0 Å². The van der Waals surface area contributed by atoms with Crippen molar-refractivity contribution < 1.29 is 9.72 Å². The SMILES string of the molecule is CCCCN(C)C(=O)c1cc([N+](=O)[O-])cnc1NC. The second-order valence-electron chi connectivity index (χ2n) is 4.18. The van der Waals surface area contributed by atoms with E-state index in [0.29, 0.717) is 12.4 Å². The number of carbonyl (C=O) groups is 1. The Balaban J connectivity index is 3.05. The van der Waals surface area contributed by atoms with E-state index in [0.717, 1.165) is 19.0 Å². The van der Waals surface area contributed by atoms with E-state index in [9.17, 15) is 14.9 Å². The highest BCUT2D eigenvalue weighted by atomic mass is 16.6. The van der Waals surface area contributed by atoms with Gasteiger partial charge < -0.3 is 10.2 Å². The predicted molar refractivity (Wildman–Crippen MR) is 72.3 cm³/mol. The van der Waals surface area contributed by atoms with Gasteiger partial charge in [-0.3, -0.25) is 14.9 Å². The summed E-state index contributed by atoms with van der Waals surface area (Å²) in [5, 5.41) is 13.5. The van der Waals surface area contributed by atoms with Crippen molar-refractivity contribution in [3.05, 3.63) is 27.9 Å². The maximum Gasteiger partial charge on any atom is 0.288 e. The van der Waals surface area contributed by atoms with Crippen molar-refractivity contribution in [1.29, 1.82) is 0 Å². The number of aromatic nitrogens is 1. The van der Waals surface area contributed by atoms with Gasteiger partial charge in [-0.1, -0.05) is 13.3 Å². The van der Waals surface area contributed by atoms with Gasteiger partial charge in [0.05, 0.1) is 10.5 Å². The molecule has 0 aliphatic rings. The summed E-state index contributed by atoms with van der Waals surface area (Å²) in [6.07, 6.45) is 3.00. The highest BCUT2D eigenvalue weighted by Crippen LogP contribution is 2.20. The van der Waals surface area contributed by atoms with Crippen molar-refractivity contribution in [3.8, 4) is 0 Å². The molecule has 1 N–H and O–H groups in total. The zero-order valence-electron chi connectivity index (χ0n) is 11.3. The fourth-order valence-electron chi connectivity index (χ4n) is 1.62. The minimum atomic E-state index is -0.560. The number of pyridine rings is 1. The van der Waals surface area contributed by atoms with Crippen molar-refractivity contribution in [2.24, 2.45) is 0 Å². The molecule has 1 aromatic heterocycles. The molecule has 7 heteroatoms. The Morgan fingerprint density at radius 2 is 2.26 bits per heavy atom. The van der Waals surface area contributed by atoms with Crippen LogP contribution >= 0.6 is 0 Å². The number of hydrogen-bond donors (Lipinski definition) is 1. The van der Waals surface area contributed by atoms with Crippen LogP contribution in [-0.2, 0) is 0 Å². The monoisotopic (exact) mass is 266 g/mol. The zero-order valence-corrected chi connectivity index (χ0v) is 11.3. The molecule has 1 amide bonds. The van der Waals surface area contributed by atoms with Crippen LogP contribution in [-0.4, -0.2) is 41.4 Å². The second-order valence-corrected chi connectivity index (χ2v) is 4.18. The molecule has 0 bridgehead atoms. The Bertz CT molecular complexity index is 476. The summed E-state index contributed by atoms with van der Waals surface area (Å²) in [6, 6.07) is 1.25. The number of carbonyl (C=O) groups excluding carboxylic acids is 1. The largest absolute Gasteiger partial charge is 0.372 e. The molecule has 0 saturated carbocycles. The summed E-state index contributed by atoms with van der Waals surface area (Å²) in [5.74, 6) is 0.0768. The van der Waals surface area contributed by atoms with E-state index in [-0.39, 0.29) is 17.2 Å². The molecule has 1 aromatic rings. The van der Waals surface area contributed by atoms with Gasteiger partial charge in [0, 0.05) is 26.7 Å². The molecule has 7 nitrogen and oxygen atoms in total. The fraction of sp³-hybridized carbons (Fsp3) is 0.500. The molecule has 104 valence electrons. The number of unbranched alkanes of at least 4 members (excludes halogenated alkanes) is 1. The van der Waals surface area contributed by atoms with Crippen LogP contribution in [0.15, 0.2) is 12.3 Å². The van der Waals surface area contributed by atoms with Gasteiger partial charge in [-0.05, 0) is 6.42 Å². The van der Waals surface area contributed by atoms with Crippen molar-refractivity contribution >= 4 is 17.4 Å². The molecule has 0 saturated heterocycles. The molecular weight excluding hydrogens is 248 g/mol. The first-order valence-electron chi connectivity index (χ1n) is 6.08. The lowest BCUT2D eigenvalue weighted by molar-refractivity contribution is -0.385. The molecule has 0 radical (unpaired) electrons. The molecule has 0 atom stereocenters. The summed E-state index contributed by atoms with van der Waals surface area (Å²) >= 11 is 0. The van der Waals surface area contributed by atoms with E-state index in [2.05, 4.69) is 10.3 Å². The molecule has 0 aromatic carbocycles.